The molecule has 18 heavy (non-hydrogen) atoms. The Bertz CT molecular complexity index is 643. The van der Waals surface area contributed by atoms with Crippen molar-refractivity contribution in [2.45, 2.75) is 6.54 Å². The van der Waals surface area contributed by atoms with Gasteiger partial charge >= 0.3 is 0 Å². The molecule has 2 aromatic heterocycles. The van der Waals surface area contributed by atoms with Crippen LogP contribution in [0.25, 0.3) is 11.1 Å². The van der Waals surface area contributed by atoms with Crippen molar-refractivity contribution in [1.29, 1.82) is 0 Å². The molecule has 0 atom stereocenters. The standard InChI is InChI=1S/C14H11BrN2S/c15-14-7-6-13(18-14)10-17-9-12(8-16-17)11-4-2-1-3-5-11/h1-9H,10H2. The lowest BCUT2D eigenvalue weighted by Gasteiger charge is -1.97. The molecule has 90 valence electrons. The van der Waals surface area contributed by atoms with Gasteiger partial charge in [-0.1, -0.05) is 30.3 Å². The molecule has 0 unspecified atom stereocenters. The molecule has 0 saturated heterocycles. The van der Waals surface area contributed by atoms with Gasteiger partial charge in [-0.15, -0.1) is 11.3 Å². The van der Waals surface area contributed by atoms with E-state index in [-0.39, 0.29) is 0 Å². The third-order valence-corrected chi connectivity index (χ3v) is 4.30. The number of rotatable bonds is 3. The average Bonchev–Trinajstić information content (AvgIpc) is 3.01. The number of halogens is 1. The fourth-order valence-corrected chi connectivity index (χ4v) is 3.30. The van der Waals surface area contributed by atoms with E-state index in [1.165, 1.54) is 10.4 Å². The van der Waals surface area contributed by atoms with Crippen LogP contribution in [0.2, 0.25) is 0 Å². The van der Waals surface area contributed by atoms with Gasteiger partial charge in [0.25, 0.3) is 0 Å². The van der Waals surface area contributed by atoms with Gasteiger partial charge in [0, 0.05) is 16.6 Å². The largest absolute Gasteiger partial charge is 0.267 e. The molecular weight excluding hydrogens is 308 g/mol. The molecule has 0 fully saturated rings. The summed E-state index contributed by atoms with van der Waals surface area (Å²) >= 11 is 5.22. The Morgan fingerprint density at radius 2 is 1.89 bits per heavy atom. The van der Waals surface area contributed by atoms with E-state index in [2.05, 4.69) is 51.5 Å². The molecule has 0 aliphatic rings. The maximum atomic E-state index is 4.41. The average molecular weight is 319 g/mol. The third kappa shape index (κ3) is 2.54. The quantitative estimate of drug-likeness (QED) is 0.699. The van der Waals surface area contributed by atoms with Crippen LogP contribution < -0.4 is 0 Å². The fraction of sp³-hybridized carbons (Fsp3) is 0.0714. The Balaban J connectivity index is 1.82. The molecular formula is C14H11BrN2S. The second-order valence-electron chi connectivity index (χ2n) is 4.00. The third-order valence-electron chi connectivity index (χ3n) is 2.69. The van der Waals surface area contributed by atoms with E-state index >= 15 is 0 Å². The summed E-state index contributed by atoms with van der Waals surface area (Å²) in [4.78, 5) is 1.30. The Kier molecular flexibility index (Phi) is 3.30. The molecule has 2 nitrogen and oxygen atoms in total. The highest BCUT2D eigenvalue weighted by Crippen LogP contribution is 2.23. The molecule has 4 heteroatoms. The van der Waals surface area contributed by atoms with Gasteiger partial charge in [0.15, 0.2) is 0 Å². The van der Waals surface area contributed by atoms with E-state index in [0.717, 1.165) is 15.9 Å². The molecule has 0 saturated carbocycles. The highest BCUT2D eigenvalue weighted by atomic mass is 79.9. The number of hydrogen-bond donors (Lipinski definition) is 0. The van der Waals surface area contributed by atoms with Crippen molar-refractivity contribution in [2.75, 3.05) is 0 Å². The van der Waals surface area contributed by atoms with E-state index < -0.39 is 0 Å². The molecule has 3 rings (SSSR count). The highest BCUT2D eigenvalue weighted by Gasteiger charge is 2.03. The van der Waals surface area contributed by atoms with Crippen molar-refractivity contribution in [3.8, 4) is 11.1 Å². The molecule has 0 spiro atoms. The summed E-state index contributed by atoms with van der Waals surface area (Å²) < 4.78 is 3.13. The van der Waals surface area contributed by atoms with Crippen molar-refractivity contribution in [2.24, 2.45) is 0 Å². The summed E-state index contributed by atoms with van der Waals surface area (Å²) in [5, 5.41) is 4.41. The van der Waals surface area contributed by atoms with Crippen LogP contribution in [0.15, 0.2) is 58.6 Å². The molecule has 0 N–H and O–H groups in total. The summed E-state index contributed by atoms with van der Waals surface area (Å²) in [6.45, 7) is 0.823. The van der Waals surface area contributed by atoms with Crippen LogP contribution in [0.3, 0.4) is 0 Å². The van der Waals surface area contributed by atoms with E-state index in [1.54, 1.807) is 11.3 Å². The van der Waals surface area contributed by atoms with Gasteiger partial charge in [-0.05, 0) is 33.6 Å². The van der Waals surface area contributed by atoms with Crippen LogP contribution in [0.4, 0.5) is 0 Å². The molecule has 1 aromatic carbocycles. The van der Waals surface area contributed by atoms with Gasteiger partial charge in [0.05, 0.1) is 16.5 Å². The number of hydrogen-bond acceptors (Lipinski definition) is 2. The van der Waals surface area contributed by atoms with Gasteiger partial charge in [-0.3, -0.25) is 4.68 Å². The summed E-state index contributed by atoms with van der Waals surface area (Å²) in [5.41, 5.74) is 2.36. The van der Waals surface area contributed by atoms with Crippen LogP contribution in [-0.4, -0.2) is 9.78 Å². The lowest BCUT2D eigenvalue weighted by atomic mass is 10.1. The molecule has 0 aliphatic heterocycles. The Morgan fingerprint density at radius 1 is 1.06 bits per heavy atom. The van der Waals surface area contributed by atoms with Crippen LogP contribution in [-0.2, 0) is 6.54 Å². The van der Waals surface area contributed by atoms with E-state index in [0.29, 0.717) is 0 Å². The first-order valence-electron chi connectivity index (χ1n) is 5.63. The lowest BCUT2D eigenvalue weighted by Crippen LogP contribution is -1.97. The normalized spacial score (nSPS) is 10.7. The van der Waals surface area contributed by atoms with Crippen molar-refractivity contribution in [3.63, 3.8) is 0 Å². The minimum Gasteiger partial charge on any atom is -0.267 e. The summed E-state index contributed by atoms with van der Waals surface area (Å²) in [5.74, 6) is 0. The van der Waals surface area contributed by atoms with Crippen LogP contribution >= 0.6 is 27.3 Å². The molecule has 0 aliphatic carbocycles. The second kappa shape index (κ2) is 5.08. The summed E-state index contributed by atoms with van der Waals surface area (Å²) in [7, 11) is 0. The molecule has 0 amide bonds. The van der Waals surface area contributed by atoms with Crippen molar-refractivity contribution < 1.29 is 0 Å². The topological polar surface area (TPSA) is 17.8 Å². The van der Waals surface area contributed by atoms with Crippen LogP contribution in [0, 0.1) is 0 Å². The molecule has 0 radical (unpaired) electrons. The fourth-order valence-electron chi connectivity index (χ4n) is 1.83. The minimum atomic E-state index is 0.823. The Morgan fingerprint density at radius 3 is 2.61 bits per heavy atom. The zero-order valence-corrected chi connectivity index (χ0v) is 12.0. The smallest absolute Gasteiger partial charge is 0.0752 e. The first-order chi connectivity index (χ1) is 8.81. The Hall–Kier alpha value is -1.39. The van der Waals surface area contributed by atoms with Gasteiger partial charge in [-0.2, -0.15) is 5.10 Å². The van der Waals surface area contributed by atoms with E-state index in [4.69, 9.17) is 0 Å². The first-order valence-corrected chi connectivity index (χ1v) is 7.24. The molecule has 2 heterocycles. The van der Waals surface area contributed by atoms with Gasteiger partial charge in [0.2, 0.25) is 0 Å². The monoisotopic (exact) mass is 318 g/mol. The highest BCUT2D eigenvalue weighted by molar-refractivity contribution is 9.11. The second-order valence-corrected chi connectivity index (χ2v) is 6.55. The van der Waals surface area contributed by atoms with Gasteiger partial charge in [0.1, 0.15) is 0 Å². The molecule has 3 aromatic rings. The summed E-state index contributed by atoms with van der Waals surface area (Å²) in [6.07, 6.45) is 4.00. The number of benzene rings is 1. The maximum absolute atomic E-state index is 4.41. The van der Waals surface area contributed by atoms with Crippen molar-refractivity contribution in [3.05, 3.63) is 63.5 Å². The van der Waals surface area contributed by atoms with Crippen molar-refractivity contribution in [1.82, 2.24) is 9.78 Å². The lowest BCUT2D eigenvalue weighted by molar-refractivity contribution is 0.695. The number of thiophene rings is 1. The van der Waals surface area contributed by atoms with E-state index in [1.807, 2.05) is 29.1 Å². The van der Waals surface area contributed by atoms with E-state index in [9.17, 15) is 0 Å². The summed E-state index contributed by atoms with van der Waals surface area (Å²) in [6, 6.07) is 14.5. The van der Waals surface area contributed by atoms with Gasteiger partial charge in [-0.25, -0.2) is 0 Å². The molecule has 0 bridgehead atoms. The predicted molar refractivity (Wildman–Crippen MR) is 78.8 cm³/mol. The zero-order chi connectivity index (χ0) is 12.4. The number of nitrogens with zero attached hydrogens (tertiary/aromatic N) is 2. The van der Waals surface area contributed by atoms with Crippen LogP contribution in [0.1, 0.15) is 4.88 Å². The maximum Gasteiger partial charge on any atom is 0.0752 e. The Labute approximate surface area is 118 Å². The van der Waals surface area contributed by atoms with Crippen LogP contribution in [0.5, 0.6) is 0 Å². The minimum absolute atomic E-state index is 0.823. The number of aromatic nitrogens is 2. The first kappa shape index (κ1) is 11.7. The predicted octanol–water partition coefficient (Wildman–Crippen LogP) is 4.42. The zero-order valence-electron chi connectivity index (χ0n) is 9.58. The van der Waals surface area contributed by atoms with Gasteiger partial charge < -0.3 is 0 Å². The van der Waals surface area contributed by atoms with Crippen molar-refractivity contribution >= 4 is 27.3 Å². The SMILES string of the molecule is Brc1ccc(Cn2cc(-c3ccccc3)cn2)s1.